The van der Waals surface area contributed by atoms with Crippen LogP contribution in [0.4, 0.5) is 4.79 Å². The zero-order valence-corrected chi connectivity index (χ0v) is 16.6. The molecular weight excluding hydrogens is 410 g/mol. The minimum Gasteiger partial charge on any atom is -0.457 e. The lowest BCUT2D eigenvalue weighted by Crippen LogP contribution is -2.33. The first-order chi connectivity index (χ1) is 14.0. The SMILES string of the molecule is O=C(CN1C(=O)S/C(=C/c2ccc(-c3ccc(Cl)cc3)o2)C1=O)c1ccccc1. The third-order valence-electron chi connectivity index (χ3n) is 4.30. The molecule has 1 aliphatic heterocycles. The minimum atomic E-state index is -0.506. The van der Waals surface area contributed by atoms with Crippen LogP contribution in [-0.4, -0.2) is 28.4 Å². The molecule has 29 heavy (non-hydrogen) atoms. The molecule has 4 rings (SSSR count). The van der Waals surface area contributed by atoms with Crippen molar-refractivity contribution < 1.29 is 18.8 Å². The van der Waals surface area contributed by atoms with E-state index in [9.17, 15) is 14.4 Å². The van der Waals surface area contributed by atoms with Gasteiger partial charge in [0, 0.05) is 22.2 Å². The van der Waals surface area contributed by atoms with Crippen molar-refractivity contribution in [1.82, 2.24) is 4.90 Å². The number of benzene rings is 2. The van der Waals surface area contributed by atoms with Gasteiger partial charge in [-0.1, -0.05) is 41.9 Å². The molecule has 0 saturated carbocycles. The van der Waals surface area contributed by atoms with Gasteiger partial charge in [-0.25, -0.2) is 0 Å². The lowest BCUT2D eigenvalue weighted by atomic mass is 10.1. The number of Topliss-reactive ketones (excluding diaryl/α,β-unsaturated/α-hetero) is 1. The topological polar surface area (TPSA) is 67.6 Å². The van der Waals surface area contributed by atoms with Crippen LogP contribution in [0, 0.1) is 0 Å². The van der Waals surface area contributed by atoms with E-state index in [0.717, 1.165) is 22.2 Å². The highest BCUT2D eigenvalue weighted by atomic mass is 35.5. The molecule has 5 nitrogen and oxygen atoms in total. The van der Waals surface area contributed by atoms with E-state index in [4.69, 9.17) is 16.0 Å². The van der Waals surface area contributed by atoms with Crippen molar-refractivity contribution in [2.24, 2.45) is 0 Å². The van der Waals surface area contributed by atoms with E-state index >= 15 is 0 Å². The van der Waals surface area contributed by atoms with E-state index in [0.29, 0.717) is 22.1 Å². The van der Waals surface area contributed by atoms with Crippen LogP contribution in [0.5, 0.6) is 0 Å². The number of halogens is 1. The average molecular weight is 424 g/mol. The zero-order valence-electron chi connectivity index (χ0n) is 15.0. The van der Waals surface area contributed by atoms with Gasteiger partial charge in [0.15, 0.2) is 5.78 Å². The Morgan fingerprint density at radius 3 is 2.45 bits per heavy atom. The largest absolute Gasteiger partial charge is 0.457 e. The Hall–Kier alpha value is -3.09. The number of amides is 2. The molecule has 0 N–H and O–H groups in total. The Labute approximate surface area is 176 Å². The summed E-state index contributed by atoms with van der Waals surface area (Å²) >= 11 is 6.68. The van der Waals surface area contributed by atoms with Crippen LogP contribution in [0.1, 0.15) is 16.1 Å². The summed E-state index contributed by atoms with van der Waals surface area (Å²) in [6.07, 6.45) is 1.51. The second-order valence-electron chi connectivity index (χ2n) is 6.27. The van der Waals surface area contributed by atoms with Gasteiger partial charge in [0.2, 0.25) is 0 Å². The first kappa shape index (κ1) is 19.2. The number of imide groups is 1. The third-order valence-corrected chi connectivity index (χ3v) is 5.46. The number of furan rings is 1. The molecule has 7 heteroatoms. The molecule has 0 aliphatic carbocycles. The highest BCUT2D eigenvalue weighted by Crippen LogP contribution is 2.33. The summed E-state index contributed by atoms with van der Waals surface area (Å²) in [4.78, 5) is 38.4. The summed E-state index contributed by atoms with van der Waals surface area (Å²) in [6.45, 7) is -0.291. The molecule has 2 aromatic carbocycles. The average Bonchev–Trinajstić information content (AvgIpc) is 3.29. The molecule has 1 aliphatic rings. The summed E-state index contributed by atoms with van der Waals surface area (Å²) in [5.41, 5.74) is 1.30. The fraction of sp³-hybridized carbons (Fsp3) is 0.0455. The number of carbonyl (C=O) groups excluding carboxylic acids is 3. The molecule has 0 bridgehead atoms. The van der Waals surface area contributed by atoms with Gasteiger partial charge in [-0.3, -0.25) is 19.3 Å². The van der Waals surface area contributed by atoms with Gasteiger partial charge >= 0.3 is 0 Å². The van der Waals surface area contributed by atoms with Crippen molar-refractivity contribution in [2.75, 3.05) is 6.54 Å². The molecule has 1 aromatic heterocycles. The van der Waals surface area contributed by atoms with Crippen LogP contribution < -0.4 is 0 Å². The molecule has 3 aromatic rings. The Bertz CT molecular complexity index is 1120. The number of ketones is 1. The van der Waals surface area contributed by atoms with Crippen LogP contribution in [0.2, 0.25) is 5.02 Å². The minimum absolute atomic E-state index is 0.216. The monoisotopic (exact) mass is 423 g/mol. The summed E-state index contributed by atoms with van der Waals surface area (Å²) in [5.74, 6) is 0.257. The second kappa shape index (κ2) is 8.11. The van der Waals surface area contributed by atoms with Gasteiger partial charge in [0.05, 0.1) is 11.4 Å². The number of rotatable bonds is 5. The van der Waals surface area contributed by atoms with Gasteiger partial charge < -0.3 is 4.42 Å². The standard InChI is InChI=1S/C22H14ClNO4S/c23-16-8-6-15(7-9-16)19-11-10-17(28-19)12-20-21(26)24(22(27)29-20)13-18(25)14-4-2-1-3-5-14/h1-12H,13H2/b20-12+. The van der Waals surface area contributed by atoms with Crippen molar-refractivity contribution in [1.29, 1.82) is 0 Å². The quantitative estimate of drug-likeness (QED) is 0.399. The molecular formula is C22H14ClNO4S. The molecule has 1 fully saturated rings. The van der Waals surface area contributed by atoms with Gasteiger partial charge in [-0.05, 0) is 48.2 Å². The summed E-state index contributed by atoms with van der Waals surface area (Å²) in [6, 6.07) is 19.2. The van der Waals surface area contributed by atoms with Crippen LogP contribution in [-0.2, 0) is 4.79 Å². The van der Waals surface area contributed by atoms with E-state index in [2.05, 4.69) is 0 Å². The predicted octanol–water partition coefficient (Wildman–Crippen LogP) is 5.52. The number of carbonyl (C=O) groups is 3. The molecule has 2 heterocycles. The van der Waals surface area contributed by atoms with Gasteiger partial charge in [0.1, 0.15) is 11.5 Å². The van der Waals surface area contributed by atoms with Gasteiger partial charge in [0.25, 0.3) is 11.1 Å². The Balaban J connectivity index is 1.50. The molecule has 0 atom stereocenters. The smallest absolute Gasteiger partial charge is 0.293 e. The first-order valence-corrected chi connectivity index (χ1v) is 9.90. The van der Waals surface area contributed by atoms with Crippen LogP contribution in [0.15, 0.2) is 76.1 Å². The van der Waals surface area contributed by atoms with E-state index in [1.807, 2.05) is 12.1 Å². The first-order valence-electron chi connectivity index (χ1n) is 8.70. The van der Waals surface area contributed by atoms with Crippen LogP contribution >= 0.6 is 23.4 Å². The number of thioether (sulfide) groups is 1. The number of nitrogens with zero attached hydrogens (tertiary/aromatic N) is 1. The highest BCUT2D eigenvalue weighted by Gasteiger charge is 2.36. The van der Waals surface area contributed by atoms with Gasteiger partial charge in [-0.15, -0.1) is 0 Å². The van der Waals surface area contributed by atoms with Crippen molar-refractivity contribution in [3.8, 4) is 11.3 Å². The molecule has 0 spiro atoms. The maximum atomic E-state index is 12.6. The van der Waals surface area contributed by atoms with Crippen LogP contribution in [0.25, 0.3) is 17.4 Å². The highest BCUT2D eigenvalue weighted by molar-refractivity contribution is 8.18. The van der Waals surface area contributed by atoms with Crippen molar-refractivity contribution in [3.63, 3.8) is 0 Å². The maximum Gasteiger partial charge on any atom is 0.293 e. The Morgan fingerprint density at radius 1 is 1.00 bits per heavy atom. The fourth-order valence-corrected chi connectivity index (χ4v) is 3.77. The normalized spacial score (nSPS) is 15.3. The zero-order chi connectivity index (χ0) is 20.4. The maximum absolute atomic E-state index is 12.6. The molecule has 0 radical (unpaired) electrons. The lowest BCUT2D eigenvalue weighted by Gasteiger charge is -2.11. The molecule has 1 saturated heterocycles. The third kappa shape index (κ3) is 4.18. The van der Waals surface area contributed by atoms with Crippen molar-refractivity contribution in [3.05, 3.63) is 88.0 Å². The van der Waals surface area contributed by atoms with E-state index in [1.54, 1.807) is 54.6 Å². The summed E-state index contributed by atoms with van der Waals surface area (Å²) in [5, 5.41) is 0.147. The Kier molecular flexibility index (Phi) is 5.38. The summed E-state index contributed by atoms with van der Waals surface area (Å²) < 4.78 is 5.76. The van der Waals surface area contributed by atoms with Crippen molar-refractivity contribution >= 4 is 46.4 Å². The summed E-state index contributed by atoms with van der Waals surface area (Å²) in [7, 11) is 0. The van der Waals surface area contributed by atoms with Crippen molar-refractivity contribution in [2.45, 2.75) is 0 Å². The second-order valence-corrected chi connectivity index (χ2v) is 7.70. The van der Waals surface area contributed by atoms with E-state index in [-0.39, 0.29) is 17.2 Å². The van der Waals surface area contributed by atoms with E-state index in [1.165, 1.54) is 6.08 Å². The lowest BCUT2D eigenvalue weighted by molar-refractivity contribution is -0.122. The van der Waals surface area contributed by atoms with Crippen LogP contribution in [0.3, 0.4) is 0 Å². The number of hydrogen-bond donors (Lipinski definition) is 0. The Morgan fingerprint density at radius 2 is 1.72 bits per heavy atom. The molecule has 2 amide bonds. The molecule has 144 valence electrons. The predicted molar refractivity (Wildman–Crippen MR) is 113 cm³/mol. The van der Waals surface area contributed by atoms with Gasteiger partial charge in [-0.2, -0.15) is 0 Å². The molecule has 0 unspecified atom stereocenters. The number of hydrogen-bond acceptors (Lipinski definition) is 5. The fourth-order valence-electron chi connectivity index (χ4n) is 2.82. The van der Waals surface area contributed by atoms with E-state index < -0.39 is 11.1 Å².